The van der Waals surface area contributed by atoms with Crippen molar-refractivity contribution in [2.45, 2.75) is 19.4 Å². The summed E-state index contributed by atoms with van der Waals surface area (Å²) in [6.07, 6.45) is 8.95. The molecule has 1 atom stereocenters. The average Bonchev–Trinajstić information content (AvgIpc) is 2.46. The number of hydrogen-bond donors (Lipinski definition) is 1. The molecule has 0 aliphatic heterocycles. The standard InChI is InChI=1S/C17H20N2/c1-14-7-3-4-10-16(14)17(18-2)11-5-8-15-9-6-12-19-13-15/h3-10,12-13,17-18H,11H2,1-2H3. The van der Waals surface area contributed by atoms with Gasteiger partial charge >= 0.3 is 0 Å². The van der Waals surface area contributed by atoms with Crippen molar-refractivity contribution < 1.29 is 0 Å². The van der Waals surface area contributed by atoms with Crippen LogP contribution in [0.1, 0.15) is 29.2 Å². The summed E-state index contributed by atoms with van der Waals surface area (Å²) in [4.78, 5) is 4.11. The third kappa shape index (κ3) is 3.76. The van der Waals surface area contributed by atoms with Gasteiger partial charge in [-0.1, -0.05) is 42.5 Å². The van der Waals surface area contributed by atoms with Gasteiger partial charge in [-0.15, -0.1) is 0 Å². The van der Waals surface area contributed by atoms with Crippen molar-refractivity contribution in [3.63, 3.8) is 0 Å². The minimum absolute atomic E-state index is 0.356. The number of nitrogens with zero attached hydrogens (tertiary/aromatic N) is 1. The van der Waals surface area contributed by atoms with Crippen molar-refractivity contribution in [2.75, 3.05) is 7.05 Å². The Labute approximate surface area is 115 Å². The number of benzene rings is 1. The van der Waals surface area contributed by atoms with Crippen molar-refractivity contribution in [2.24, 2.45) is 0 Å². The van der Waals surface area contributed by atoms with Gasteiger partial charge in [-0.05, 0) is 43.1 Å². The summed E-state index contributed by atoms with van der Waals surface area (Å²) in [5, 5.41) is 3.38. The van der Waals surface area contributed by atoms with Gasteiger partial charge in [0.2, 0.25) is 0 Å². The van der Waals surface area contributed by atoms with E-state index in [0.717, 1.165) is 12.0 Å². The van der Waals surface area contributed by atoms with Crippen molar-refractivity contribution in [3.05, 3.63) is 71.6 Å². The first-order chi connectivity index (χ1) is 9.31. The fourth-order valence-corrected chi connectivity index (χ4v) is 2.19. The van der Waals surface area contributed by atoms with Gasteiger partial charge in [0.25, 0.3) is 0 Å². The minimum atomic E-state index is 0.356. The smallest absolute Gasteiger partial charge is 0.0355 e. The molecule has 1 heterocycles. The van der Waals surface area contributed by atoms with Gasteiger partial charge in [-0.3, -0.25) is 4.98 Å². The topological polar surface area (TPSA) is 24.9 Å². The van der Waals surface area contributed by atoms with Crippen molar-refractivity contribution in [1.82, 2.24) is 10.3 Å². The molecule has 0 radical (unpaired) electrons. The summed E-state index contributed by atoms with van der Waals surface area (Å²) in [6, 6.07) is 12.9. The number of hydrogen-bond acceptors (Lipinski definition) is 2. The normalized spacial score (nSPS) is 12.7. The van der Waals surface area contributed by atoms with Crippen LogP contribution in [0.2, 0.25) is 0 Å². The summed E-state index contributed by atoms with van der Waals surface area (Å²) in [5.41, 5.74) is 3.83. The van der Waals surface area contributed by atoms with Gasteiger partial charge < -0.3 is 5.32 Å². The van der Waals surface area contributed by atoms with E-state index in [4.69, 9.17) is 0 Å². The lowest BCUT2D eigenvalue weighted by Gasteiger charge is -2.17. The van der Waals surface area contributed by atoms with Gasteiger partial charge in [0.1, 0.15) is 0 Å². The van der Waals surface area contributed by atoms with Gasteiger partial charge in [0.15, 0.2) is 0 Å². The van der Waals surface area contributed by atoms with Gasteiger partial charge in [-0.25, -0.2) is 0 Å². The first kappa shape index (κ1) is 13.5. The molecular formula is C17H20N2. The molecule has 0 fully saturated rings. The van der Waals surface area contributed by atoms with Crippen LogP contribution in [-0.2, 0) is 0 Å². The highest BCUT2D eigenvalue weighted by molar-refractivity contribution is 5.47. The quantitative estimate of drug-likeness (QED) is 0.876. The SMILES string of the molecule is CNC(CC=Cc1cccnc1)c1ccccc1C. The molecule has 0 aliphatic carbocycles. The first-order valence-electron chi connectivity index (χ1n) is 6.60. The van der Waals surface area contributed by atoms with E-state index in [0.29, 0.717) is 6.04 Å². The third-order valence-electron chi connectivity index (χ3n) is 3.28. The molecule has 98 valence electrons. The second-order valence-electron chi connectivity index (χ2n) is 4.62. The van der Waals surface area contributed by atoms with E-state index < -0.39 is 0 Å². The molecule has 0 amide bonds. The zero-order valence-corrected chi connectivity index (χ0v) is 11.5. The third-order valence-corrected chi connectivity index (χ3v) is 3.28. The molecule has 2 nitrogen and oxygen atoms in total. The maximum absolute atomic E-state index is 4.11. The van der Waals surface area contributed by atoms with Crippen LogP contribution >= 0.6 is 0 Å². The zero-order valence-electron chi connectivity index (χ0n) is 11.5. The van der Waals surface area contributed by atoms with Gasteiger partial charge in [0.05, 0.1) is 0 Å². The lowest BCUT2D eigenvalue weighted by Crippen LogP contribution is -2.16. The lowest BCUT2D eigenvalue weighted by molar-refractivity contribution is 0.601. The number of aromatic nitrogens is 1. The molecule has 0 aliphatic rings. The van der Waals surface area contributed by atoms with E-state index in [1.54, 1.807) is 6.20 Å². The minimum Gasteiger partial charge on any atom is -0.313 e. The van der Waals surface area contributed by atoms with Crippen molar-refractivity contribution in [1.29, 1.82) is 0 Å². The summed E-state index contributed by atoms with van der Waals surface area (Å²) in [7, 11) is 2.01. The van der Waals surface area contributed by atoms with Crippen LogP contribution in [-0.4, -0.2) is 12.0 Å². The van der Waals surface area contributed by atoms with Crippen LogP contribution in [0.15, 0.2) is 54.9 Å². The molecule has 0 saturated carbocycles. The maximum atomic E-state index is 4.11. The lowest BCUT2D eigenvalue weighted by atomic mass is 9.98. The predicted octanol–water partition coefficient (Wildman–Crippen LogP) is 3.75. The van der Waals surface area contributed by atoms with Crippen molar-refractivity contribution in [3.8, 4) is 0 Å². The van der Waals surface area contributed by atoms with E-state index >= 15 is 0 Å². The Morgan fingerprint density at radius 1 is 1.21 bits per heavy atom. The molecule has 1 N–H and O–H groups in total. The summed E-state index contributed by atoms with van der Waals surface area (Å²) < 4.78 is 0. The molecule has 19 heavy (non-hydrogen) atoms. The van der Waals surface area contributed by atoms with Crippen molar-refractivity contribution >= 4 is 6.08 Å². The molecule has 0 spiro atoms. The highest BCUT2D eigenvalue weighted by atomic mass is 14.9. The van der Waals surface area contributed by atoms with Crippen LogP contribution in [0.3, 0.4) is 0 Å². The van der Waals surface area contributed by atoms with Crippen LogP contribution in [0.25, 0.3) is 6.08 Å². The molecule has 1 unspecified atom stereocenters. The summed E-state index contributed by atoms with van der Waals surface area (Å²) >= 11 is 0. The largest absolute Gasteiger partial charge is 0.313 e. The average molecular weight is 252 g/mol. The number of pyridine rings is 1. The highest BCUT2D eigenvalue weighted by Gasteiger charge is 2.08. The van der Waals surface area contributed by atoms with Gasteiger partial charge in [0, 0.05) is 18.4 Å². The van der Waals surface area contributed by atoms with Crippen LogP contribution in [0, 0.1) is 6.92 Å². The van der Waals surface area contributed by atoms with E-state index in [2.05, 4.69) is 59.7 Å². The van der Waals surface area contributed by atoms with Crippen LogP contribution in [0.5, 0.6) is 0 Å². The Kier molecular flexibility index (Phi) is 4.87. The Balaban J connectivity index is 2.05. The monoisotopic (exact) mass is 252 g/mol. The van der Waals surface area contributed by atoms with E-state index in [1.807, 2.05) is 19.3 Å². The Hall–Kier alpha value is -1.93. The molecule has 1 aromatic carbocycles. The molecule has 0 bridgehead atoms. The predicted molar refractivity (Wildman–Crippen MR) is 80.9 cm³/mol. The van der Waals surface area contributed by atoms with Crippen LogP contribution in [0.4, 0.5) is 0 Å². The molecule has 2 rings (SSSR count). The first-order valence-corrected chi connectivity index (χ1v) is 6.60. The molecule has 2 heteroatoms. The summed E-state index contributed by atoms with van der Waals surface area (Å²) in [5.74, 6) is 0. The second kappa shape index (κ2) is 6.86. The fraction of sp³-hybridized carbons (Fsp3) is 0.235. The fourth-order valence-electron chi connectivity index (χ4n) is 2.19. The molecular weight excluding hydrogens is 232 g/mol. The van der Waals surface area contributed by atoms with Gasteiger partial charge in [-0.2, -0.15) is 0 Å². The number of aryl methyl sites for hydroxylation is 1. The maximum Gasteiger partial charge on any atom is 0.0355 e. The number of nitrogens with one attached hydrogen (secondary N) is 1. The zero-order chi connectivity index (χ0) is 13.5. The Morgan fingerprint density at radius 2 is 2.05 bits per heavy atom. The summed E-state index contributed by atoms with van der Waals surface area (Å²) in [6.45, 7) is 2.16. The van der Waals surface area contributed by atoms with E-state index in [1.165, 1.54) is 11.1 Å². The molecule has 1 aromatic heterocycles. The highest BCUT2D eigenvalue weighted by Crippen LogP contribution is 2.20. The van der Waals surface area contributed by atoms with E-state index in [-0.39, 0.29) is 0 Å². The van der Waals surface area contributed by atoms with Crippen LogP contribution < -0.4 is 5.32 Å². The Bertz CT molecular complexity index is 532. The molecule has 2 aromatic rings. The Morgan fingerprint density at radius 3 is 2.74 bits per heavy atom. The van der Waals surface area contributed by atoms with E-state index in [9.17, 15) is 0 Å². The second-order valence-corrected chi connectivity index (χ2v) is 4.62. The molecule has 0 saturated heterocycles. The number of rotatable bonds is 5.